The molecule has 3 rings (SSSR count). The maximum absolute atomic E-state index is 13.6. The number of para-hydroxylation sites is 1. The number of benzene rings is 2. The van der Waals surface area contributed by atoms with Gasteiger partial charge in [0.05, 0.1) is 6.04 Å². The molecule has 108 valence electrons. The Balaban J connectivity index is 2.21. The fourth-order valence-corrected chi connectivity index (χ4v) is 2.86. The Bertz CT molecular complexity index is 763. The highest BCUT2D eigenvalue weighted by atomic mass is 19.1. The molecule has 0 aliphatic carbocycles. The van der Waals surface area contributed by atoms with Crippen LogP contribution in [0.1, 0.15) is 29.9 Å². The van der Waals surface area contributed by atoms with E-state index in [-0.39, 0.29) is 11.9 Å². The van der Waals surface area contributed by atoms with Gasteiger partial charge in [-0.25, -0.2) is 4.39 Å². The van der Waals surface area contributed by atoms with E-state index in [1.54, 1.807) is 12.1 Å². The summed E-state index contributed by atoms with van der Waals surface area (Å²) < 4.78 is 19.5. The second kappa shape index (κ2) is 5.70. The maximum Gasteiger partial charge on any atom is 0.134 e. The van der Waals surface area contributed by atoms with Crippen LogP contribution in [0.5, 0.6) is 0 Å². The van der Waals surface area contributed by atoms with Crippen molar-refractivity contribution in [3.05, 3.63) is 71.2 Å². The van der Waals surface area contributed by atoms with Crippen LogP contribution >= 0.6 is 0 Å². The minimum absolute atomic E-state index is 0.0840. The smallest absolute Gasteiger partial charge is 0.134 e. The van der Waals surface area contributed by atoms with Crippen LogP contribution in [0.15, 0.2) is 52.9 Å². The summed E-state index contributed by atoms with van der Waals surface area (Å²) in [6, 6.07) is 14.6. The quantitative estimate of drug-likeness (QED) is 0.765. The molecule has 21 heavy (non-hydrogen) atoms. The van der Waals surface area contributed by atoms with E-state index in [0.29, 0.717) is 0 Å². The lowest BCUT2D eigenvalue weighted by Gasteiger charge is -2.17. The summed E-state index contributed by atoms with van der Waals surface area (Å²) in [5, 5.41) is 4.37. The van der Waals surface area contributed by atoms with E-state index in [1.165, 1.54) is 6.07 Å². The zero-order chi connectivity index (χ0) is 14.8. The molecule has 0 fully saturated rings. The molecule has 0 spiro atoms. The van der Waals surface area contributed by atoms with Crippen LogP contribution in [0.4, 0.5) is 4.39 Å². The van der Waals surface area contributed by atoms with Crippen molar-refractivity contribution in [2.24, 2.45) is 0 Å². The zero-order valence-corrected chi connectivity index (χ0v) is 12.2. The summed E-state index contributed by atoms with van der Waals surface area (Å²) in [5.41, 5.74) is 2.88. The summed E-state index contributed by atoms with van der Waals surface area (Å²) >= 11 is 0. The predicted molar refractivity (Wildman–Crippen MR) is 82.9 cm³/mol. The second-order valence-corrected chi connectivity index (χ2v) is 5.07. The Morgan fingerprint density at radius 2 is 1.95 bits per heavy atom. The highest BCUT2D eigenvalue weighted by Crippen LogP contribution is 2.34. The third-order valence-corrected chi connectivity index (χ3v) is 3.79. The van der Waals surface area contributed by atoms with Crippen molar-refractivity contribution < 1.29 is 8.81 Å². The van der Waals surface area contributed by atoms with E-state index < -0.39 is 0 Å². The number of halogens is 1. The second-order valence-electron chi connectivity index (χ2n) is 5.07. The van der Waals surface area contributed by atoms with Gasteiger partial charge >= 0.3 is 0 Å². The van der Waals surface area contributed by atoms with Gasteiger partial charge in [0.2, 0.25) is 0 Å². The van der Waals surface area contributed by atoms with Crippen LogP contribution < -0.4 is 5.32 Å². The topological polar surface area (TPSA) is 25.2 Å². The summed E-state index contributed by atoms with van der Waals surface area (Å²) in [6.07, 6.45) is 0.803. The van der Waals surface area contributed by atoms with Crippen molar-refractivity contribution in [1.82, 2.24) is 5.32 Å². The number of rotatable bonds is 4. The maximum atomic E-state index is 13.6. The SMILES string of the molecule is CCc1oc2ccccc2c1C(NC)c1cccc(F)c1. The summed E-state index contributed by atoms with van der Waals surface area (Å²) in [4.78, 5) is 0. The molecule has 1 aromatic heterocycles. The Kier molecular flexibility index (Phi) is 3.76. The molecule has 0 amide bonds. The molecular weight excluding hydrogens is 265 g/mol. The van der Waals surface area contributed by atoms with Gasteiger partial charge in [-0.15, -0.1) is 0 Å². The van der Waals surface area contributed by atoms with Crippen molar-refractivity contribution in [3.8, 4) is 0 Å². The van der Waals surface area contributed by atoms with Crippen molar-refractivity contribution in [2.45, 2.75) is 19.4 Å². The van der Waals surface area contributed by atoms with Gasteiger partial charge < -0.3 is 9.73 Å². The van der Waals surface area contributed by atoms with E-state index in [2.05, 4.69) is 18.3 Å². The molecule has 1 unspecified atom stereocenters. The Hall–Kier alpha value is -2.13. The third-order valence-electron chi connectivity index (χ3n) is 3.79. The fraction of sp³-hybridized carbons (Fsp3) is 0.222. The molecule has 2 aromatic carbocycles. The average Bonchev–Trinajstić information content (AvgIpc) is 2.87. The van der Waals surface area contributed by atoms with E-state index in [4.69, 9.17) is 4.42 Å². The van der Waals surface area contributed by atoms with E-state index in [0.717, 1.165) is 34.3 Å². The van der Waals surface area contributed by atoms with Gasteiger partial charge in [0.1, 0.15) is 17.2 Å². The number of nitrogens with one attached hydrogen (secondary N) is 1. The van der Waals surface area contributed by atoms with Crippen molar-refractivity contribution in [1.29, 1.82) is 0 Å². The van der Waals surface area contributed by atoms with Gasteiger partial charge in [0.25, 0.3) is 0 Å². The summed E-state index contributed by atoms with van der Waals surface area (Å²) in [6.45, 7) is 2.07. The molecule has 2 nitrogen and oxygen atoms in total. The molecule has 0 saturated heterocycles. The van der Waals surface area contributed by atoms with E-state index in [9.17, 15) is 4.39 Å². The Morgan fingerprint density at radius 3 is 2.67 bits per heavy atom. The van der Waals surface area contributed by atoms with E-state index >= 15 is 0 Å². The molecule has 0 aliphatic heterocycles. The number of furan rings is 1. The lowest BCUT2D eigenvalue weighted by atomic mass is 9.95. The molecule has 0 aliphatic rings. The monoisotopic (exact) mass is 283 g/mol. The molecule has 3 aromatic rings. The zero-order valence-electron chi connectivity index (χ0n) is 12.2. The first-order chi connectivity index (χ1) is 10.2. The minimum Gasteiger partial charge on any atom is -0.461 e. The van der Waals surface area contributed by atoms with Crippen molar-refractivity contribution >= 4 is 11.0 Å². The van der Waals surface area contributed by atoms with Crippen LogP contribution in [-0.4, -0.2) is 7.05 Å². The molecule has 1 atom stereocenters. The predicted octanol–water partition coefficient (Wildman–Crippen LogP) is 4.44. The van der Waals surface area contributed by atoms with Crippen molar-refractivity contribution in [2.75, 3.05) is 7.05 Å². The lowest BCUT2D eigenvalue weighted by Crippen LogP contribution is -2.18. The van der Waals surface area contributed by atoms with Crippen LogP contribution in [-0.2, 0) is 6.42 Å². The number of hydrogen-bond acceptors (Lipinski definition) is 2. The molecule has 0 bridgehead atoms. The normalized spacial score (nSPS) is 12.7. The molecule has 1 heterocycles. The lowest BCUT2D eigenvalue weighted by molar-refractivity contribution is 0.538. The van der Waals surface area contributed by atoms with Crippen LogP contribution in [0.3, 0.4) is 0 Å². The van der Waals surface area contributed by atoms with Crippen LogP contribution in [0, 0.1) is 5.82 Å². The molecular formula is C18H18FNO. The van der Waals surface area contributed by atoms with Gasteiger partial charge in [-0.1, -0.05) is 37.3 Å². The van der Waals surface area contributed by atoms with Gasteiger partial charge in [-0.3, -0.25) is 0 Å². The molecule has 0 radical (unpaired) electrons. The Labute approximate surface area is 123 Å². The van der Waals surface area contributed by atoms with Gasteiger partial charge in [-0.05, 0) is 30.8 Å². The molecule has 1 N–H and O–H groups in total. The first kappa shape index (κ1) is 13.8. The van der Waals surface area contributed by atoms with Crippen LogP contribution in [0.2, 0.25) is 0 Å². The average molecular weight is 283 g/mol. The Morgan fingerprint density at radius 1 is 1.14 bits per heavy atom. The molecule has 0 saturated carbocycles. The third kappa shape index (κ3) is 2.45. The number of hydrogen-bond donors (Lipinski definition) is 1. The first-order valence-corrected chi connectivity index (χ1v) is 7.17. The highest BCUT2D eigenvalue weighted by Gasteiger charge is 2.22. The standard InChI is InChI=1S/C18H18FNO/c1-3-15-17(14-9-4-5-10-16(14)21-15)18(20-2)12-7-6-8-13(19)11-12/h4-11,18,20H,3H2,1-2H3. The first-order valence-electron chi connectivity index (χ1n) is 7.17. The summed E-state index contributed by atoms with van der Waals surface area (Å²) in [7, 11) is 1.89. The summed E-state index contributed by atoms with van der Waals surface area (Å²) in [5.74, 6) is 0.721. The minimum atomic E-state index is -0.224. The van der Waals surface area contributed by atoms with Gasteiger partial charge in [0, 0.05) is 17.4 Å². The largest absolute Gasteiger partial charge is 0.461 e. The highest BCUT2D eigenvalue weighted by molar-refractivity contribution is 5.83. The fourth-order valence-electron chi connectivity index (χ4n) is 2.86. The van der Waals surface area contributed by atoms with Crippen LogP contribution in [0.25, 0.3) is 11.0 Å². The number of fused-ring (bicyclic) bond motifs is 1. The van der Waals surface area contributed by atoms with Gasteiger partial charge in [0.15, 0.2) is 0 Å². The van der Waals surface area contributed by atoms with Crippen molar-refractivity contribution in [3.63, 3.8) is 0 Å². The number of aryl methyl sites for hydroxylation is 1. The van der Waals surface area contributed by atoms with E-state index in [1.807, 2.05) is 31.3 Å². The van der Waals surface area contributed by atoms with Gasteiger partial charge in [-0.2, -0.15) is 0 Å². The molecule has 3 heteroatoms.